The topological polar surface area (TPSA) is 20.3 Å². The molecule has 0 fully saturated rings. The fourth-order valence-electron chi connectivity index (χ4n) is 2.33. The lowest BCUT2D eigenvalue weighted by molar-refractivity contribution is 0.0656. The van der Waals surface area contributed by atoms with Gasteiger partial charge in [-0.3, -0.25) is 9.69 Å². The minimum Gasteiger partial charge on any atom is -0.297 e. The van der Waals surface area contributed by atoms with Crippen molar-refractivity contribution in [3.63, 3.8) is 0 Å². The minimum atomic E-state index is -0.628. The second-order valence-electron chi connectivity index (χ2n) is 4.59. The van der Waals surface area contributed by atoms with Gasteiger partial charge in [-0.25, -0.2) is 4.39 Å². The third-order valence-corrected chi connectivity index (χ3v) is 3.95. The molecule has 0 aliphatic rings. The summed E-state index contributed by atoms with van der Waals surface area (Å²) in [4.78, 5) is 14.5. The van der Waals surface area contributed by atoms with Crippen molar-refractivity contribution in [1.29, 1.82) is 0 Å². The summed E-state index contributed by atoms with van der Waals surface area (Å²) in [5.41, 5.74) is -0.369. The summed E-state index contributed by atoms with van der Waals surface area (Å²) in [5.74, 6) is -0.565. The molecule has 0 aromatic heterocycles. The highest BCUT2D eigenvalue weighted by molar-refractivity contribution is 6.34. The Morgan fingerprint density at radius 1 is 1.33 bits per heavy atom. The average molecular weight is 272 g/mol. The Hall–Kier alpha value is -0.930. The number of benzene rings is 1. The number of Topliss-reactive ketones (excluding diaryl/α,β-unsaturated/α-hetero) is 1. The molecule has 0 saturated carbocycles. The van der Waals surface area contributed by atoms with E-state index in [1.54, 1.807) is 0 Å². The maximum atomic E-state index is 13.3. The first-order valence-electron chi connectivity index (χ1n) is 6.06. The van der Waals surface area contributed by atoms with Crippen molar-refractivity contribution in [3.05, 3.63) is 34.6 Å². The van der Waals surface area contributed by atoms with Crippen molar-refractivity contribution in [2.75, 3.05) is 14.1 Å². The molecule has 1 rings (SSSR count). The van der Waals surface area contributed by atoms with Gasteiger partial charge in [-0.05, 0) is 45.1 Å². The van der Waals surface area contributed by atoms with Crippen molar-refractivity contribution in [1.82, 2.24) is 4.90 Å². The van der Waals surface area contributed by atoms with Gasteiger partial charge in [-0.1, -0.05) is 25.4 Å². The van der Waals surface area contributed by atoms with E-state index in [1.807, 2.05) is 32.8 Å². The predicted octanol–water partition coefficient (Wildman–Crippen LogP) is 3.78. The lowest BCUT2D eigenvalue weighted by Crippen LogP contribution is -2.50. The largest absolute Gasteiger partial charge is 0.297 e. The number of carbonyl (C=O) groups excluding carboxylic acids is 1. The Balaban J connectivity index is 3.30. The summed E-state index contributed by atoms with van der Waals surface area (Å²) in [6, 6.07) is 3.90. The number of hydrogen-bond donors (Lipinski definition) is 0. The van der Waals surface area contributed by atoms with E-state index in [1.165, 1.54) is 18.2 Å². The van der Waals surface area contributed by atoms with Crippen molar-refractivity contribution in [2.24, 2.45) is 0 Å². The number of hydrogen-bond acceptors (Lipinski definition) is 2. The molecule has 2 nitrogen and oxygen atoms in total. The first kappa shape index (κ1) is 15.1. The summed E-state index contributed by atoms with van der Waals surface area (Å²) < 4.78 is 13.3. The highest BCUT2D eigenvalue weighted by Gasteiger charge is 2.38. The molecule has 0 bridgehead atoms. The second-order valence-corrected chi connectivity index (χ2v) is 4.99. The van der Waals surface area contributed by atoms with Gasteiger partial charge >= 0.3 is 0 Å². The Morgan fingerprint density at radius 3 is 2.33 bits per heavy atom. The molecule has 0 aliphatic heterocycles. The fourth-order valence-corrected chi connectivity index (χ4v) is 2.53. The fraction of sp³-hybridized carbons (Fsp3) is 0.500. The molecule has 0 atom stereocenters. The Kier molecular flexibility index (Phi) is 4.88. The zero-order valence-corrected chi connectivity index (χ0v) is 12.0. The Bertz CT molecular complexity index is 441. The van der Waals surface area contributed by atoms with Crippen LogP contribution < -0.4 is 0 Å². The zero-order valence-electron chi connectivity index (χ0n) is 11.3. The zero-order chi connectivity index (χ0) is 13.9. The van der Waals surface area contributed by atoms with Crippen LogP contribution in [-0.2, 0) is 0 Å². The molecule has 0 N–H and O–H groups in total. The van der Waals surface area contributed by atoms with Crippen molar-refractivity contribution < 1.29 is 9.18 Å². The number of nitrogens with zero attached hydrogens (tertiary/aromatic N) is 1. The second kappa shape index (κ2) is 5.81. The number of rotatable bonds is 5. The third-order valence-electron chi connectivity index (χ3n) is 3.62. The molecule has 1 aromatic carbocycles. The molecular formula is C14H19ClFNO. The molecule has 18 heavy (non-hydrogen) atoms. The molecule has 4 heteroatoms. The van der Waals surface area contributed by atoms with Crippen LogP contribution in [-0.4, -0.2) is 30.3 Å². The monoisotopic (exact) mass is 271 g/mol. The van der Waals surface area contributed by atoms with Gasteiger partial charge < -0.3 is 0 Å². The summed E-state index contributed by atoms with van der Waals surface area (Å²) >= 11 is 6.01. The van der Waals surface area contributed by atoms with Gasteiger partial charge in [-0.15, -0.1) is 0 Å². The van der Waals surface area contributed by atoms with E-state index in [4.69, 9.17) is 11.6 Å². The van der Waals surface area contributed by atoms with Gasteiger partial charge in [-0.2, -0.15) is 0 Å². The lowest BCUT2D eigenvalue weighted by atomic mass is 9.83. The van der Waals surface area contributed by atoms with Gasteiger partial charge in [0.25, 0.3) is 0 Å². The van der Waals surface area contributed by atoms with Gasteiger partial charge in [0, 0.05) is 5.56 Å². The molecule has 0 radical (unpaired) electrons. The number of carbonyl (C=O) groups is 1. The molecule has 0 unspecified atom stereocenters. The first-order chi connectivity index (χ1) is 8.39. The molecule has 100 valence electrons. The van der Waals surface area contributed by atoms with E-state index in [-0.39, 0.29) is 11.3 Å². The predicted molar refractivity (Wildman–Crippen MR) is 72.7 cm³/mol. The smallest absolute Gasteiger partial charge is 0.184 e. The van der Waals surface area contributed by atoms with Crippen LogP contribution in [0.4, 0.5) is 4.39 Å². The van der Waals surface area contributed by atoms with Crippen molar-refractivity contribution in [2.45, 2.75) is 32.2 Å². The number of ketones is 1. The van der Waals surface area contributed by atoms with E-state index in [0.29, 0.717) is 17.9 Å². The Labute approximate surface area is 113 Å². The van der Waals surface area contributed by atoms with Crippen LogP contribution in [0.25, 0.3) is 0 Å². The van der Waals surface area contributed by atoms with Crippen LogP contribution in [0.1, 0.15) is 37.0 Å². The maximum absolute atomic E-state index is 13.3. The van der Waals surface area contributed by atoms with Crippen molar-refractivity contribution in [3.8, 4) is 0 Å². The van der Waals surface area contributed by atoms with Crippen LogP contribution in [0.5, 0.6) is 0 Å². The van der Waals surface area contributed by atoms with E-state index in [2.05, 4.69) is 0 Å². The standard InChI is InChI=1S/C14H19ClFNO/c1-5-14(6-2,17(3)4)13(18)11-9-10(16)7-8-12(11)15/h7-9H,5-6H2,1-4H3. The summed E-state index contributed by atoms with van der Waals surface area (Å²) in [5, 5.41) is 0.300. The van der Waals surface area contributed by atoms with Gasteiger partial charge in [0.05, 0.1) is 10.6 Å². The van der Waals surface area contributed by atoms with Crippen LogP contribution >= 0.6 is 11.6 Å². The van der Waals surface area contributed by atoms with E-state index < -0.39 is 11.4 Å². The minimum absolute atomic E-state index is 0.123. The molecule has 0 amide bonds. The van der Waals surface area contributed by atoms with Crippen LogP contribution in [0.2, 0.25) is 5.02 Å². The molecular weight excluding hydrogens is 253 g/mol. The summed E-state index contributed by atoms with van der Waals surface area (Å²) in [6.45, 7) is 3.91. The SMILES string of the molecule is CCC(CC)(C(=O)c1cc(F)ccc1Cl)N(C)C. The quantitative estimate of drug-likeness (QED) is 0.760. The first-order valence-corrected chi connectivity index (χ1v) is 6.44. The van der Waals surface area contributed by atoms with E-state index >= 15 is 0 Å². The maximum Gasteiger partial charge on any atom is 0.184 e. The Morgan fingerprint density at radius 2 is 1.89 bits per heavy atom. The van der Waals surface area contributed by atoms with Crippen LogP contribution in [0, 0.1) is 5.82 Å². The van der Waals surface area contributed by atoms with Gasteiger partial charge in [0.2, 0.25) is 0 Å². The van der Waals surface area contributed by atoms with Gasteiger partial charge in [0.15, 0.2) is 5.78 Å². The normalized spacial score (nSPS) is 11.9. The van der Waals surface area contributed by atoms with Crippen LogP contribution in [0.3, 0.4) is 0 Å². The molecule has 0 aliphatic carbocycles. The number of likely N-dealkylation sites (N-methyl/N-ethyl adjacent to an activating group) is 1. The molecule has 0 heterocycles. The summed E-state index contributed by atoms with van der Waals surface area (Å²) in [6.07, 6.45) is 1.31. The van der Waals surface area contributed by atoms with E-state index in [9.17, 15) is 9.18 Å². The summed E-state index contributed by atoms with van der Waals surface area (Å²) in [7, 11) is 3.72. The highest BCUT2D eigenvalue weighted by atomic mass is 35.5. The molecule has 1 aromatic rings. The number of halogens is 2. The lowest BCUT2D eigenvalue weighted by Gasteiger charge is -2.37. The molecule has 0 saturated heterocycles. The van der Waals surface area contributed by atoms with Crippen LogP contribution in [0.15, 0.2) is 18.2 Å². The van der Waals surface area contributed by atoms with E-state index in [0.717, 1.165) is 0 Å². The molecule has 0 spiro atoms. The van der Waals surface area contributed by atoms with Crippen molar-refractivity contribution >= 4 is 17.4 Å². The average Bonchev–Trinajstić information content (AvgIpc) is 2.34. The van der Waals surface area contributed by atoms with Gasteiger partial charge in [0.1, 0.15) is 5.82 Å². The third kappa shape index (κ3) is 2.57. The highest BCUT2D eigenvalue weighted by Crippen LogP contribution is 2.29.